The monoisotopic (exact) mass is 438 g/mol. The number of hydrogen-bond donors (Lipinski definition) is 0. The molecule has 0 saturated heterocycles. The van der Waals surface area contributed by atoms with E-state index >= 15 is 0 Å². The zero-order valence-corrected chi connectivity index (χ0v) is 18.5. The molecule has 0 spiro atoms. The van der Waals surface area contributed by atoms with Crippen molar-refractivity contribution in [2.24, 2.45) is 0 Å². The number of aromatic nitrogens is 1. The quantitative estimate of drug-likeness (QED) is 0.288. The van der Waals surface area contributed by atoms with Gasteiger partial charge in [0.1, 0.15) is 5.76 Å². The Morgan fingerprint density at radius 3 is 2.41 bits per heavy atom. The van der Waals surface area contributed by atoms with Crippen LogP contribution in [0.15, 0.2) is 95.6 Å². The predicted molar refractivity (Wildman–Crippen MR) is 130 cm³/mol. The van der Waals surface area contributed by atoms with Gasteiger partial charge in [-0.2, -0.15) is 0 Å². The molecule has 2 aromatic heterocycles. The Bertz CT molecular complexity index is 1340. The van der Waals surface area contributed by atoms with E-state index in [2.05, 4.69) is 31.2 Å². The molecule has 0 saturated carbocycles. The van der Waals surface area contributed by atoms with Gasteiger partial charge < -0.3 is 4.42 Å². The second-order valence-corrected chi connectivity index (χ2v) is 8.54. The number of hydrogen-bond acceptors (Lipinski definition) is 4. The van der Waals surface area contributed by atoms with E-state index in [-0.39, 0.29) is 5.91 Å². The van der Waals surface area contributed by atoms with E-state index in [1.807, 2.05) is 60.7 Å². The second-order valence-electron chi connectivity index (χ2n) is 7.53. The topological polar surface area (TPSA) is 46.3 Å². The van der Waals surface area contributed by atoms with Crippen LogP contribution in [0, 0.1) is 0 Å². The summed E-state index contributed by atoms with van der Waals surface area (Å²) in [5.74, 6) is 0.618. The zero-order chi connectivity index (χ0) is 21.9. The van der Waals surface area contributed by atoms with Gasteiger partial charge in [0, 0.05) is 5.56 Å². The third kappa shape index (κ3) is 3.95. The lowest BCUT2D eigenvalue weighted by atomic mass is 10.0. The van der Waals surface area contributed by atoms with Gasteiger partial charge in [0.05, 0.1) is 23.0 Å². The number of anilines is 1. The van der Waals surface area contributed by atoms with Crippen molar-refractivity contribution in [3.8, 4) is 11.1 Å². The van der Waals surface area contributed by atoms with Gasteiger partial charge in [0.15, 0.2) is 5.13 Å². The maximum atomic E-state index is 13.6. The average molecular weight is 439 g/mol. The molecule has 0 radical (unpaired) electrons. The van der Waals surface area contributed by atoms with E-state index in [4.69, 9.17) is 9.40 Å². The number of nitrogens with zero attached hydrogens (tertiary/aromatic N) is 2. The fourth-order valence-corrected chi connectivity index (χ4v) is 4.78. The lowest BCUT2D eigenvalue weighted by Gasteiger charge is -2.19. The Morgan fingerprint density at radius 2 is 1.69 bits per heavy atom. The summed E-state index contributed by atoms with van der Waals surface area (Å²) >= 11 is 1.53. The highest BCUT2D eigenvalue weighted by atomic mass is 32.1. The normalized spacial score (nSPS) is 11.0. The molecule has 5 heteroatoms. The van der Waals surface area contributed by atoms with Gasteiger partial charge >= 0.3 is 0 Å². The maximum Gasteiger partial charge on any atom is 0.260 e. The van der Waals surface area contributed by atoms with Gasteiger partial charge in [-0.05, 0) is 53.4 Å². The molecule has 2 heterocycles. The van der Waals surface area contributed by atoms with E-state index < -0.39 is 0 Å². The Balaban J connectivity index is 1.51. The van der Waals surface area contributed by atoms with E-state index in [9.17, 15) is 4.79 Å². The van der Waals surface area contributed by atoms with Gasteiger partial charge in [0.25, 0.3) is 5.91 Å². The molecule has 0 atom stereocenters. The lowest BCUT2D eigenvalue weighted by Crippen LogP contribution is -2.30. The van der Waals surface area contributed by atoms with Crippen molar-refractivity contribution in [3.63, 3.8) is 0 Å². The second kappa shape index (κ2) is 8.81. The van der Waals surface area contributed by atoms with Gasteiger partial charge in [-0.15, -0.1) is 0 Å². The van der Waals surface area contributed by atoms with Crippen LogP contribution in [0.2, 0.25) is 0 Å². The van der Waals surface area contributed by atoms with E-state index in [1.165, 1.54) is 16.9 Å². The fourth-order valence-electron chi connectivity index (χ4n) is 3.77. The SMILES string of the molecule is CCc1cccc2sc(N(Cc3ccco3)C(=O)c3ccc(-c4ccccc4)cc3)nc12. The smallest absolute Gasteiger partial charge is 0.260 e. The molecule has 0 fully saturated rings. The summed E-state index contributed by atoms with van der Waals surface area (Å²) < 4.78 is 6.63. The number of benzene rings is 3. The minimum absolute atomic E-state index is 0.0990. The standard InChI is InChI=1S/C27H22N2O2S/c1-2-19-10-6-12-24-25(19)28-27(32-24)29(18-23-11-7-17-31-23)26(30)22-15-13-21(14-16-22)20-8-4-3-5-9-20/h3-17H,2,18H2,1H3. The van der Waals surface area contributed by atoms with Crippen LogP contribution < -0.4 is 4.90 Å². The molecule has 0 unspecified atom stereocenters. The van der Waals surface area contributed by atoms with Crippen LogP contribution in [0.3, 0.4) is 0 Å². The first kappa shape index (κ1) is 20.2. The molecule has 5 rings (SSSR count). The molecule has 32 heavy (non-hydrogen) atoms. The molecule has 3 aromatic carbocycles. The highest BCUT2D eigenvalue weighted by Crippen LogP contribution is 2.33. The lowest BCUT2D eigenvalue weighted by molar-refractivity contribution is 0.0983. The Kier molecular flexibility index (Phi) is 5.57. The molecular weight excluding hydrogens is 416 g/mol. The fraction of sp³-hybridized carbons (Fsp3) is 0.111. The van der Waals surface area contributed by atoms with Crippen molar-refractivity contribution < 1.29 is 9.21 Å². The number of para-hydroxylation sites is 1. The van der Waals surface area contributed by atoms with E-state index in [1.54, 1.807) is 11.2 Å². The molecule has 0 bridgehead atoms. The van der Waals surface area contributed by atoms with Gasteiger partial charge in [0.2, 0.25) is 0 Å². The van der Waals surface area contributed by atoms with Crippen LogP contribution in [0.1, 0.15) is 28.6 Å². The van der Waals surface area contributed by atoms with Gasteiger partial charge in [-0.25, -0.2) is 4.98 Å². The van der Waals surface area contributed by atoms with Crippen molar-refractivity contribution in [2.75, 3.05) is 4.90 Å². The van der Waals surface area contributed by atoms with Crippen LogP contribution in [0.5, 0.6) is 0 Å². The summed E-state index contributed by atoms with van der Waals surface area (Å²) in [5.41, 5.74) is 4.96. The van der Waals surface area contributed by atoms with Crippen molar-refractivity contribution in [1.29, 1.82) is 0 Å². The minimum Gasteiger partial charge on any atom is -0.467 e. The number of carbonyl (C=O) groups is 1. The number of rotatable bonds is 6. The minimum atomic E-state index is -0.0990. The number of amides is 1. The summed E-state index contributed by atoms with van der Waals surface area (Å²) in [7, 11) is 0. The van der Waals surface area contributed by atoms with Crippen LogP contribution in [-0.4, -0.2) is 10.9 Å². The number of furan rings is 1. The maximum absolute atomic E-state index is 13.6. The Labute approximate surface area is 190 Å². The number of carbonyl (C=O) groups excluding carboxylic acids is 1. The zero-order valence-electron chi connectivity index (χ0n) is 17.7. The largest absolute Gasteiger partial charge is 0.467 e. The molecule has 158 valence electrons. The molecule has 5 aromatic rings. The first-order chi connectivity index (χ1) is 15.7. The first-order valence-corrected chi connectivity index (χ1v) is 11.4. The number of thiazole rings is 1. The van der Waals surface area contributed by atoms with Crippen molar-refractivity contribution in [2.45, 2.75) is 19.9 Å². The summed E-state index contributed by atoms with van der Waals surface area (Å²) in [6.45, 7) is 2.45. The van der Waals surface area contributed by atoms with Crippen LogP contribution in [0.4, 0.5) is 5.13 Å². The predicted octanol–water partition coefficient (Wildman–Crippen LogP) is 6.97. The Morgan fingerprint density at radius 1 is 0.906 bits per heavy atom. The van der Waals surface area contributed by atoms with E-state index in [0.717, 1.165) is 27.8 Å². The number of fused-ring (bicyclic) bond motifs is 1. The third-order valence-corrected chi connectivity index (χ3v) is 6.52. The van der Waals surface area contributed by atoms with Crippen LogP contribution in [0.25, 0.3) is 21.3 Å². The highest BCUT2D eigenvalue weighted by molar-refractivity contribution is 7.22. The molecular formula is C27H22N2O2S. The van der Waals surface area contributed by atoms with Gasteiger partial charge in [-0.1, -0.05) is 72.9 Å². The Hall–Kier alpha value is -3.70. The van der Waals surface area contributed by atoms with Crippen molar-refractivity contribution in [1.82, 2.24) is 4.98 Å². The molecule has 0 aliphatic rings. The van der Waals surface area contributed by atoms with Crippen LogP contribution >= 0.6 is 11.3 Å². The molecule has 1 amide bonds. The van der Waals surface area contributed by atoms with Crippen LogP contribution in [-0.2, 0) is 13.0 Å². The molecule has 0 aliphatic carbocycles. The third-order valence-electron chi connectivity index (χ3n) is 5.48. The molecule has 0 aliphatic heterocycles. The summed E-state index contributed by atoms with van der Waals surface area (Å²) in [5, 5.41) is 0.675. The summed E-state index contributed by atoms with van der Waals surface area (Å²) in [6, 6.07) is 27.8. The summed E-state index contributed by atoms with van der Waals surface area (Å²) in [4.78, 5) is 20.2. The average Bonchev–Trinajstić information content (AvgIpc) is 3.52. The highest BCUT2D eigenvalue weighted by Gasteiger charge is 2.23. The number of aryl methyl sites for hydroxylation is 1. The van der Waals surface area contributed by atoms with Gasteiger partial charge in [-0.3, -0.25) is 9.69 Å². The summed E-state index contributed by atoms with van der Waals surface area (Å²) in [6.07, 6.45) is 2.52. The first-order valence-electron chi connectivity index (χ1n) is 10.6. The molecule has 0 N–H and O–H groups in total. The van der Waals surface area contributed by atoms with Crippen molar-refractivity contribution in [3.05, 3.63) is 108 Å². The van der Waals surface area contributed by atoms with E-state index in [0.29, 0.717) is 23.0 Å². The molecule has 4 nitrogen and oxygen atoms in total. The van der Waals surface area contributed by atoms with Crippen molar-refractivity contribution >= 4 is 32.6 Å².